The lowest BCUT2D eigenvalue weighted by molar-refractivity contribution is -0.0358. The Bertz CT molecular complexity index is 407. The number of hydrogen-bond acceptors (Lipinski definition) is 5. The van der Waals surface area contributed by atoms with E-state index < -0.39 is 5.60 Å². The lowest BCUT2D eigenvalue weighted by Crippen LogP contribution is -2.52. The van der Waals surface area contributed by atoms with Gasteiger partial charge in [0.05, 0.1) is 5.60 Å². The molecule has 2 aliphatic rings. The molecule has 1 aliphatic heterocycles. The third-order valence-corrected chi connectivity index (χ3v) is 5.62. The molecule has 1 aliphatic carbocycles. The van der Waals surface area contributed by atoms with Gasteiger partial charge in [0.2, 0.25) is 0 Å². The number of thiazole rings is 1. The highest BCUT2D eigenvalue weighted by Crippen LogP contribution is 2.32. The van der Waals surface area contributed by atoms with Crippen molar-refractivity contribution in [2.45, 2.75) is 38.2 Å². The summed E-state index contributed by atoms with van der Waals surface area (Å²) in [5.74, 6) is 0.789. The molecule has 4 nitrogen and oxygen atoms in total. The lowest BCUT2D eigenvalue weighted by Gasteiger charge is -2.42. The van der Waals surface area contributed by atoms with Crippen LogP contribution >= 0.6 is 11.3 Å². The number of piperazine rings is 1. The quantitative estimate of drug-likeness (QED) is 0.928. The van der Waals surface area contributed by atoms with Crippen molar-refractivity contribution in [2.75, 3.05) is 37.6 Å². The third-order valence-electron chi connectivity index (χ3n) is 4.79. The monoisotopic (exact) mass is 295 g/mol. The smallest absolute Gasteiger partial charge is 0.185 e. The summed E-state index contributed by atoms with van der Waals surface area (Å²) in [7, 11) is 0. The molecule has 1 N–H and O–H groups in total. The van der Waals surface area contributed by atoms with Crippen LogP contribution in [-0.2, 0) is 0 Å². The average molecular weight is 295 g/mol. The van der Waals surface area contributed by atoms with Gasteiger partial charge >= 0.3 is 0 Å². The van der Waals surface area contributed by atoms with Crippen molar-refractivity contribution in [1.82, 2.24) is 9.88 Å². The average Bonchev–Trinajstić information content (AvgIpc) is 2.97. The number of β-amino-alcohol motifs (C(OH)–C–C–N with tert-alkyl or cyclic N) is 1. The minimum Gasteiger partial charge on any atom is -0.389 e. The van der Waals surface area contributed by atoms with E-state index in [1.165, 1.54) is 12.8 Å². The van der Waals surface area contributed by atoms with E-state index in [9.17, 15) is 5.11 Å². The second-order valence-electron chi connectivity index (χ2n) is 6.48. The Balaban J connectivity index is 1.49. The minimum atomic E-state index is -0.435. The number of nitrogens with zero attached hydrogens (tertiary/aromatic N) is 3. The predicted octanol–water partition coefficient (Wildman–Crippen LogP) is 2.21. The maximum Gasteiger partial charge on any atom is 0.185 e. The molecule has 0 bridgehead atoms. The first-order valence-corrected chi connectivity index (χ1v) is 8.62. The maximum atomic E-state index is 10.7. The fraction of sp³-hybridized carbons (Fsp3) is 0.800. The van der Waals surface area contributed by atoms with Crippen LogP contribution < -0.4 is 4.90 Å². The van der Waals surface area contributed by atoms with E-state index in [1.54, 1.807) is 11.3 Å². The Kier molecular flexibility index (Phi) is 4.29. The molecular weight excluding hydrogens is 270 g/mol. The van der Waals surface area contributed by atoms with Crippen molar-refractivity contribution in [3.63, 3.8) is 0 Å². The Morgan fingerprint density at radius 2 is 2.00 bits per heavy atom. The SMILES string of the molecule is CC1CCC(O)(CN2CCN(c3nccs3)CC2)CC1. The van der Waals surface area contributed by atoms with E-state index in [4.69, 9.17) is 0 Å². The zero-order chi connectivity index (χ0) is 14.0. The molecule has 0 aromatic carbocycles. The summed E-state index contributed by atoms with van der Waals surface area (Å²) < 4.78 is 0. The molecule has 1 aromatic rings. The van der Waals surface area contributed by atoms with Crippen LogP contribution in [0.2, 0.25) is 0 Å². The first-order chi connectivity index (χ1) is 9.65. The summed E-state index contributed by atoms with van der Waals surface area (Å²) in [6.45, 7) is 7.28. The van der Waals surface area contributed by atoms with E-state index >= 15 is 0 Å². The standard InChI is InChI=1S/C15H25N3OS/c1-13-2-4-15(19,5-3-13)12-17-7-9-18(10-8-17)14-16-6-11-20-14/h6,11,13,19H,2-5,7-10,12H2,1H3. The number of hydrogen-bond donors (Lipinski definition) is 1. The lowest BCUT2D eigenvalue weighted by atomic mass is 9.79. The number of aromatic nitrogens is 1. The maximum absolute atomic E-state index is 10.7. The Labute approximate surface area is 125 Å². The summed E-state index contributed by atoms with van der Waals surface area (Å²) >= 11 is 1.71. The second-order valence-corrected chi connectivity index (χ2v) is 7.36. The van der Waals surface area contributed by atoms with Crippen molar-refractivity contribution in [1.29, 1.82) is 0 Å². The van der Waals surface area contributed by atoms with Gasteiger partial charge in [-0.3, -0.25) is 4.90 Å². The van der Waals surface area contributed by atoms with Crippen LogP contribution in [0.5, 0.6) is 0 Å². The molecule has 2 heterocycles. The highest BCUT2D eigenvalue weighted by atomic mass is 32.1. The van der Waals surface area contributed by atoms with Crippen molar-refractivity contribution >= 4 is 16.5 Å². The molecule has 0 atom stereocenters. The highest BCUT2D eigenvalue weighted by molar-refractivity contribution is 7.13. The number of anilines is 1. The van der Waals surface area contributed by atoms with Gasteiger partial charge < -0.3 is 10.0 Å². The van der Waals surface area contributed by atoms with Gasteiger partial charge in [-0.1, -0.05) is 6.92 Å². The normalized spacial score (nSPS) is 32.5. The summed E-state index contributed by atoms with van der Waals surface area (Å²) in [6.07, 6.45) is 6.17. The highest BCUT2D eigenvalue weighted by Gasteiger charge is 2.34. The number of rotatable bonds is 3. The van der Waals surface area contributed by atoms with Crippen LogP contribution in [0.25, 0.3) is 0 Å². The molecule has 20 heavy (non-hydrogen) atoms. The largest absolute Gasteiger partial charge is 0.389 e. The molecule has 5 heteroatoms. The van der Waals surface area contributed by atoms with E-state index in [1.807, 2.05) is 11.6 Å². The van der Waals surface area contributed by atoms with Crippen molar-refractivity contribution in [3.8, 4) is 0 Å². The summed E-state index contributed by atoms with van der Waals surface area (Å²) in [4.78, 5) is 9.17. The van der Waals surface area contributed by atoms with Crippen LogP contribution in [0.15, 0.2) is 11.6 Å². The molecule has 112 valence electrons. The topological polar surface area (TPSA) is 39.6 Å². The summed E-state index contributed by atoms with van der Waals surface area (Å²) in [5, 5.41) is 13.9. The van der Waals surface area contributed by atoms with Gasteiger partial charge in [-0.2, -0.15) is 0 Å². The molecule has 0 radical (unpaired) electrons. The second kappa shape index (κ2) is 6.00. The number of aliphatic hydroxyl groups is 1. The molecule has 1 saturated carbocycles. The van der Waals surface area contributed by atoms with E-state index in [2.05, 4.69) is 21.7 Å². The first-order valence-electron chi connectivity index (χ1n) is 7.74. The van der Waals surface area contributed by atoms with Crippen LogP contribution in [0.1, 0.15) is 32.6 Å². The summed E-state index contributed by atoms with van der Waals surface area (Å²) in [5.41, 5.74) is -0.435. The Hall–Kier alpha value is -0.650. The zero-order valence-electron chi connectivity index (χ0n) is 12.3. The molecular formula is C15H25N3OS. The molecule has 0 amide bonds. The summed E-state index contributed by atoms with van der Waals surface area (Å²) in [6, 6.07) is 0. The predicted molar refractivity (Wildman–Crippen MR) is 83.3 cm³/mol. The third kappa shape index (κ3) is 3.32. The van der Waals surface area contributed by atoms with Crippen molar-refractivity contribution in [3.05, 3.63) is 11.6 Å². The van der Waals surface area contributed by atoms with Gasteiger partial charge in [0.15, 0.2) is 5.13 Å². The fourth-order valence-electron chi connectivity index (χ4n) is 3.34. The Morgan fingerprint density at radius 3 is 2.60 bits per heavy atom. The van der Waals surface area contributed by atoms with Gasteiger partial charge in [-0.05, 0) is 31.6 Å². The van der Waals surface area contributed by atoms with Gasteiger partial charge in [-0.25, -0.2) is 4.98 Å². The molecule has 2 fully saturated rings. The van der Waals surface area contributed by atoms with Gasteiger partial charge in [0, 0.05) is 44.3 Å². The molecule has 1 saturated heterocycles. The van der Waals surface area contributed by atoms with Crippen LogP contribution in [0.3, 0.4) is 0 Å². The zero-order valence-corrected chi connectivity index (χ0v) is 13.1. The van der Waals surface area contributed by atoms with Crippen LogP contribution in [0, 0.1) is 5.92 Å². The fourth-order valence-corrected chi connectivity index (χ4v) is 4.04. The van der Waals surface area contributed by atoms with Gasteiger partial charge in [0.1, 0.15) is 0 Å². The molecule has 1 aromatic heterocycles. The van der Waals surface area contributed by atoms with Crippen molar-refractivity contribution in [2.24, 2.45) is 5.92 Å². The minimum absolute atomic E-state index is 0.435. The van der Waals surface area contributed by atoms with Gasteiger partial charge in [-0.15, -0.1) is 11.3 Å². The van der Waals surface area contributed by atoms with E-state index in [0.29, 0.717) is 0 Å². The molecule has 3 rings (SSSR count). The van der Waals surface area contributed by atoms with Crippen LogP contribution in [-0.4, -0.2) is 53.3 Å². The van der Waals surface area contributed by atoms with E-state index in [0.717, 1.165) is 56.6 Å². The van der Waals surface area contributed by atoms with E-state index in [-0.39, 0.29) is 0 Å². The van der Waals surface area contributed by atoms with Gasteiger partial charge in [0.25, 0.3) is 0 Å². The Morgan fingerprint density at radius 1 is 1.30 bits per heavy atom. The molecule has 0 unspecified atom stereocenters. The first kappa shape index (κ1) is 14.3. The molecule has 0 spiro atoms. The van der Waals surface area contributed by atoms with Crippen molar-refractivity contribution < 1.29 is 5.11 Å². The van der Waals surface area contributed by atoms with Crippen LogP contribution in [0.4, 0.5) is 5.13 Å².